The van der Waals surface area contributed by atoms with Gasteiger partial charge in [-0.05, 0) is 49.2 Å². The molecular formula is C28H28N4O5. The summed E-state index contributed by atoms with van der Waals surface area (Å²) in [5.74, 6) is -0.00233. The second kappa shape index (κ2) is 11.1. The van der Waals surface area contributed by atoms with E-state index < -0.39 is 16.9 Å². The summed E-state index contributed by atoms with van der Waals surface area (Å²) in [5.41, 5.74) is 1.91. The van der Waals surface area contributed by atoms with E-state index >= 15 is 0 Å². The summed E-state index contributed by atoms with van der Waals surface area (Å²) < 4.78 is 6.84. The number of ether oxygens (including phenoxy) is 1. The van der Waals surface area contributed by atoms with E-state index in [2.05, 4.69) is 0 Å². The molecule has 1 atom stereocenters. The number of carbonyl (C=O) groups excluding carboxylic acids is 1. The van der Waals surface area contributed by atoms with Gasteiger partial charge in [0.2, 0.25) is 0 Å². The van der Waals surface area contributed by atoms with Crippen molar-refractivity contribution in [3.05, 3.63) is 110 Å². The van der Waals surface area contributed by atoms with E-state index in [9.17, 15) is 19.7 Å². The zero-order chi connectivity index (χ0) is 26.5. The number of methoxy groups -OCH3 is 1. The van der Waals surface area contributed by atoms with E-state index in [1.807, 2.05) is 44.2 Å². The largest absolute Gasteiger partial charge is 0.383 e. The summed E-state index contributed by atoms with van der Waals surface area (Å²) in [7, 11) is 1.54. The fraction of sp³-hybridized carbons (Fsp3) is 0.250. The minimum absolute atomic E-state index is 0.175. The van der Waals surface area contributed by atoms with Gasteiger partial charge in [0.1, 0.15) is 5.82 Å². The van der Waals surface area contributed by atoms with Crippen LogP contribution in [0.15, 0.2) is 77.6 Å². The van der Waals surface area contributed by atoms with Crippen LogP contribution in [-0.2, 0) is 4.74 Å². The highest BCUT2D eigenvalue weighted by atomic mass is 16.6. The van der Waals surface area contributed by atoms with Crippen LogP contribution in [0.5, 0.6) is 0 Å². The van der Waals surface area contributed by atoms with Crippen LogP contribution in [-0.4, -0.2) is 45.5 Å². The first kappa shape index (κ1) is 25.7. The highest BCUT2D eigenvalue weighted by Crippen LogP contribution is 2.28. The molecule has 0 saturated heterocycles. The van der Waals surface area contributed by atoms with E-state index in [1.165, 1.54) is 25.3 Å². The minimum Gasteiger partial charge on any atom is -0.383 e. The molecule has 1 aromatic heterocycles. The van der Waals surface area contributed by atoms with Crippen LogP contribution in [0, 0.1) is 17.0 Å². The van der Waals surface area contributed by atoms with Gasteiger partial charge in [-0.15, -0.1) is 0 Å². The molecule has 1 heterocycles. The van der Waals surface area contributed by atoms with Crippen LogP contribution in [0.2, 0.25) is 0 Å². The Bertz CT molecular complexity index is 1510. The highest BCUT2D eigenvalue weighted by Gasteiger charge is 2.30. The Kier molecular flexibility index (Phi) is 7.74. The number of carbonyl (C=O) groups is 1. The molecule has 9 nitrogen and oxygen atoms in total. The molecule has 1 amide bonds. The Morgan fingerprint density at radius 3 is 2.57 bits per heavy atom. The van der Waals surface area contributed by atoms with Crippen molar-refractivity contribution >= 4 is 22.5 Å². The number of benzene rings is 3. The SMILES string of the molecule is CCC(c1nc2ccccc2c(=O)n1-c1cccc(C)c1)N(CCOC)C(=O)c1cccc([N+](=O)[O-])c1. The maximum atomic E-state index is 13.8. The third kappa shape index (κ3) is 5.26. The van der Waals surface area contributed by atoms with Crippen LogP contribution in [0.25, 0.3) is 16.6 Å². The number of non-ortho nitro benzene ring substituents is 1. The van der Waals surface area contributed by atoms with Crippen molar-refractivity contribution in [3.63, 3.8) is 0 Å². The predicted octanol–water partition coefficient (Wildman–Crippen LogP) is 4.84. The molecule has 0 aliphatic rings. The minimum atomic E-state index is -0.611. The van der Waals surface area contributed by atoms with Crippen molar-refractivity contribution in [3.8, 4) is 5.69 Å². The van der Waals surface area contributed by atoms with Crippen LogP contribution < -0.4 is 5.56 Å². The monoisotopic (exact) mass is 500 g/mol. The summed E-state index contributed by atoms with van der Waals surface area (Å²) in [5, 5.41) is 11.8. The molecule has 0 bridgehead atoms. The first-order valence-corrected chi connectivity index (χ1v) is 12.0. The van der Waals surface area contributed by atoms with Gasteiger partial charge in [0.05, 0.1) is 34.2 Å². The highest BCUT2D eigenvalue weighted by molar-refractivity contribution is 5.95. The van der Waals surface area contributed by atoms with Gasteiger partial charge in [-0.25, -0.2) is 4.98 Å². The number of nitro groups is 1. The van der Waals surface area contributed by atoms with Crippen molar-refractivity contribution in [2.75, 3.05) is 20.3 Å². The summed E-state index contributed by atoms with van der Waals surface area (Å²) in [6, 6.07) is 19.7. The fourth-order valence-electron chi connectivity index (χ4n) is 4.44. The molecule has 0 aliphatic heterocycles. The number of hydrogen-bond donors (Lipinski definition) is 0. The van der Waals surface area contributed by atoms with Gasteiger partial charge in [0.15, 0.2) is 0 Å². The lowest BCUT2D eigenvalue weighted by molar-refractivity contribution is -0.384. The average molecular weight is 501 g/mol. The third-order valence-electron chi connectivity index (χ3n) is 6.22. The molecule has 3 aromatic carbocycles. The number of para-hydroxylation sites is 1. The van der Waals surface area contributed by atoms with Gasteiger partial charge in [0.25, 0.3) is 17.2 Å². The van der Waals surface area contributed by atoms with Gasteiger partial charge in [-0.1, -0.05) is 37.3 Å². The van der Waals surface area contributed by atoms with Crippen LogP contribution in [0.1, 0.15) is 41.1 Å². The van der Waals surface area contributed by atoms with Crippen LogP contribution in [0.4, 0.5) is 5.69 Å². The lowest BCUT2D eigenvalue weighted by Crippen LogP contribution is -2.40. The third-order valence-corrected chi connectivity index (χ3v) is 6.22. The molecule has 9 heteroatoms. The van der Waals surface area contributed by atoms with Crippen molar-refractivity contribution in [2.24, 2.45) is 0 Å². The number of fused-ring (bicyclic) bond motifs is 1. The topological polar surface area (TPSA) is 108 Å². The van der Waals surface area contributed by atoms with Crippen LogP contribution in [0.3, 0.4) is 0 Å². The summed E-state index contributed by atoms with van der Waals surface area (Å²) in [6.45, 7) is 4.29. The molecule has 4 rings (SSSR count). The van der Waals surface area contributed by atoms with E-state index in [0.29, 0.717) is 28.8 Å². The molecule has 0 spiro atoms. The average Bonchev–Trinajstić information content (AvgIpc) is 2.90. The molecule has 0 fully saturated rings. The normalized spacial score (nSPS) is 11.9. The number of aryl methyl sites for hydroxylation is 1. The number of aromatic nitrogens is 2. The lowest BCUT2D eigenvalue weighted by Gasteiger charge is -2.32. The Morgan fingerprint density at radius 2 is 1.86 bits per heavy atom. The fourth-order valence-corrected chi connectivity index (χ4v) is 4.44. The number of nitro benzene ring substituents is 1. The van der Waals surface area contributed by atoms with Gasteiger partial charge in [-0.2, -0.15) is 0 Å². The van der Waals surface area contributed by atoms with E-state index in [4.69, 9.17) is 9.72 Å². The summed E-state index contributed by atoms with van der Waals surface area (Å²) >= 11 is 0. The second-order valence-corrected chi connectivity index (χ2v) is 8.69. The first-order chi connectivity index (χ1) is 17.8. The van der Waals surface area contributed by atoms with Gasteiger partial charge >= 0.3 is 0 Å². The standard InChI is InChI=1S/C28H28N4O5/c1-4-25(30(15-16-37-3)27(33)20-10-8-12-22(18-20)32(35)36)26-29-24-14-6-5-13-23(24)28(34)31(26)21-11-7-9-19(2)17-21/h5-14,17-18,25H,4,15-16H2,1-3H3. The first-order valence-electron chi connectivity index (χ1n) is 12.0. The van der Waals surface area contributed by atoms with E-state index in [-0.39, 0.29) is 30.0 Å². The zero-order valence-corrected chi connectivity index (χ0v) is 21.0. The molecule has 4 aromatic rings. The van der Waals surface area contributed by atoms with Gasteiger partial charge in [0, 0.05) is 31.4 Å². The van der Waals surface area contributed by atoms with Gasteiger partial charge in [-0.3, -0.25) is 24.3 Å². The Morgan fingerprint density at radius 1 is 1.11 bits per heavy atom. The summed E-state index contributed by atoms with van der Waals surface area (Å²) in [4.78, 5) is 44.8. The zero-order valence-electron chi connectivity index (χ0n) is 21.0. The molecular weight excluding hydrogens is 472 g/mol. The molecule has 0 radical (unpaired) electrons. The molecule has 0 N–H and O–H groups in total. The number of hydrogen-bond acceptors (Lipinski definition) is 6. The predicted molar refractivity (Wildman–Crippen MR) is 141 cm³/mol. The smallest absolute Gasteiger partial charge is 0.270 e. The second-order valence-electron chi connectivity index (χ2n) is 8.69. The lowest BCUT2D eigenvalue weighted by atomic mass is 10.1. The quantitative estimate of drug-likeness (QED) is 0.240. The van der Waals surface area contributed by atoms with Crippen molar-refractivity contribution in [2.45, 2.75) is 26.3 Å². The van der Waals surface area contributed by atoms with E-state index in [0.717, 1.165) is 5.56 Å². The maximum Gasteiger partial charge on any atom is 0.270 e. The van der Waals surface area contributed by atoms with Crippen molar-refractivity contribution in [1.29, 1.82) is 0 Å². The summed E-state index contributed by atoms with van der Waals surface area (Å²) in [6.07, 6.45) is 0.445. The molecule has 1 unspecified atom stereocenters. The number of nitrogens with zero attached hydrogens (tertiary/aromatic N) is 4. The number of rotatable bonds is 9. The van der Waals surface area contributed by atoms with Crippen molar-refractivity contribution in [1.82, 2.24) is 14.5 Å². The molecule has 190 valence electrons. The van der Waals surface area contributed by atoms with Gasteiger partial charge < -0.3 is 9.64 Å². The maximum absolute atomic E-state index is 13.8. The van der Waals surface area contributed by atoms with Crippen LogP contribution >= 0.6 is 0 Å². The molecule has 0 aliphatic carbocycles. The number of amides is 1. The van der Waals surface area contributed by atoms with E-state index in [1.54, 1.807) is 33.7 Å². The Hall–Kier alpha value is -4.37. The Balaban J connectivity index is 1.93. The molecule has 0 saturated carbocycles. The molecule has 37 heavy (non-hydrogen) atoms. The van der Waals surface area contributed by atoms with Crippen molar-refractivity contribution < 1.29 is 14.5 Å². The Labute approximate surface area is 214 Å².